The number of nitrogens with one attached hydrogen (secondary N) is 1. The van der Waals surface area contributed by atoms with Crippen LogP contribution in [-0.4, -0.2) is 53.0 Å². The van der Waals surface area contributed by atoms with Crippen molar-refractivity contribution in [1.29, 1.82) is 0 Å². The summed E-state index contributed by atoms with van der Waals surface area (Å²) in [5.74, 6) is -0.0269. The van der Waals surface area contributed by atoms with Crippen molar-refractivity contribution in [3.63, 3.8) is 0 Å². The lowest BCUT2D eigenvalue weighted by Gasteiger charge is -2.36. The normalized spacial score (nSPS) is 17.3. The van der Waals surface area contributed by atoms with Crippen LogP contribution < -0.4 is 5.32 Å². The van der Waals surface area contributed by atoms with Crippen molar-refractivity contribution in [1.82, 2.24) is 9.97 Å². The summed E-state index contributed by atoms with van der Waals surface area (Å²) in [5, 5.41) is 12.8. The number of aliphatic hydroxyl groups excluding tert-OH is 1. The van der Waals surface area contributed by atoms with Gasteiger partial charge in [0, 0.05) is 19.4 Å². The van der Waals surface area contributed by atoms with Crippen molar-refractivity contribution < 1.29 is 19.4 Å². The zero-order valence-electron chi connectivity index (χ0n) is 12.4. The third kappa shape index (κ3) is 3.68. The van der Waals surface area contributed by atoms with Gasteiger partial charge in [0.2, 0.25) is 5.95 Å². The predicted molar refractivity (Wildman–Crippen MR) is 76.2 cm³/mol. The maximum absolute atomic E-state index is 11.7. The molecule has 0 atom stereocenters. The van der Waals surface area contributed by atoms with Crippen LogP contribution in [0.25, 0.3) is 0 Å². The Kier molecular flexibility index (Phi) is 5.08. The molecule has 2 N–H and O–H groups in total. The smallest absolute Gasteiger partial charge is 0.341 e. The minimum absolute atomic E-state index is 0.0155. The van der Waals surface area contributed by atoms with E-state index in [1.54, 1.807) is 13.8 Å². The molecule has 0 aromatic carbocycles. The number of nitrogens with zero attached hydrogens (tertiary/aromatic N) is 2. The van der Waals surface area contributed by atoms with Gasteiger partial charge < -0.3 is 19.9 Å². The fourth-order valence-electron chi connectivity index (χ4n) is 2.26. The summed E-state index contributed by atoms with van der Waals surface area (Å²) < 4.78 is 10.3. The number of rotatable bonds is 5. The molecule has 2 heterocycles. The van der Waals surface area contributed by atoms with Crippen LogP contribution in [0.15, 0.2) is 6.20 Å². The molecule has 0 unspecified atom stereocenters. The molecule has 0 spiro atoms. The quantitative estimate of drug-likeness (QED) is 0.780. The van der Waals surface area contributed by atoms with Gasteiger partial charge >= 0.3 is 5.97 Å². The van der Waals surface area contributed by atoms with E-state index in [1.807, 2.05) is 0 Å². The van der Waals surface area contributed by atoms with E-state index in [2.05, 4.69) is 15.3 Å². The van der Waals surface area contributed by atoms with Crippen LogP contribution in [0.2, 0.25) is 0 Å². The highest BCUT2D eigenvalue weighted by Crippen LogP contribution is 2.24. The first-order valence-electron chi connectivity index (χ1n) is 7.08. The summed E-state index contributed by atoms with van der Waals surface area (Å²) in [4.78, 5) is 20.2. The number of ether oxygens (including phenoxy) is 2. The molecule has 2 rings (SSSR count). The van der Waals surface area contributed by atoms with Crippen LogP contribution in [0.5, 0.6) is 0 Å². The molecule has 7 heteroatoms. The SMILES string of the molecule is CCOC(=O)c1cnc(NC2(CO)CCOCC2)nc1C. The fourth-order valence-corrected chi connectivity index (χ4v) is 2.26. The van der Waals surface area contributed by atoms with Gasteiger partial charge in [-0.05, 0) is 26.7 Å². The molecule has 1 saturated heterocycles. The van der Waals surface area contributed by atoms with Crippen molar-refractivity contribution in [2.45, 2.75) is 32.2 Å². The fraction of sp³-hybridized carbons (Fsp3) is 0.643. The molecule has 1 aromatic rings. The number of hydrogen-bond donors (Lipinski definition) is 2. The number of anilines is 1. The first-order chi connectivity index (χ1) is 10.1. The molecule has 0 aliphatic carbocycles. The third-order valence-corrected chi connectivity index (χ3v) is 3.60. The monoisotopic (exact) mass is 295 g/mol. The van der Waals surface area contributed by atoms with E-state index in [9.17, 15) is 9.90 Å². The summed E-state index contributed by atoms with van der Waals surface area (Å²) in [6.07, 6.45) is 2.82. The van der Waals surface area contributed by atoms with E-state index in [0.717, 1.165) is 0 Å². The van der Waals surface area contributed by atoms with Crippen LogP contribution in [0.3, 0.4) is 0 Å². The molecule has 21 heavy (non-hydrogen) atoms. The van der Waals surface area contributed by atoms with Crippen molar-refractivity contribution in [3.8, 4) is 0 Å². The minimum atomic E-state index is -0.462. The van der Waals surface area contributed by atoms with Crippen LogP contribution in [0.1, 0.15) is 35.8 Å². The largest absolute Gasteiger partial charge is 0.462 e. The van der Waals surface area contributed by atoms with Gasteiger partial charge in [-0.15, -0.1) is 0 Å². The van der Waals surface area contributed by atoms with E-state index in [4.69, 9.17) is 9.47 Å². The zero-order valence-corrected chi connectivity index (χ0v) is 12.4. The Labute approximate surface area is 123 Å². The molecular formula is C14H21N3O4. The van der Waals surface area contributed by atoms with Gasteiger partial charge in [0.1, 0.15) is 0 Å². The number of aromatic nitrogens is 2. The summed E-state index contributed by atoms with van der Waals surface area (Å²) in [7, 11) is 0. The van der Waals surface area contributed by atoms with E-state index in [1.165, 1.54) is 6.20 Å². The number of aryl methyl sites for hydroxylation is 1. The van der Waals surface area contributed by atoms with Crippen LogP contribution in [-0.2, 0) is 9.47 Å². The Morgan fingerprint density at radius 1 is 1.52 bits per heavy atom. The lowest BCUT2D eigenvalue weighted by molar-refractivity contribution is 0.0377. The van der Waals surface area contributed by atoms with Gasteiger partial charge in [0.25, 0.3) is 0 Å². The average Bonchev–Trinajstić information content (AvgIpc) is 2.48. The Hall–Kier alpha value is -1.73. The number of esters is 1. The molecule has 7 nitrogen and oxygen atoms in total. The Morgan fingerprint density at radius 3 is 2.81 bits per heavy atom. The standard InChI is InChI=1S/C14H21N3O4/c1-3-21-12(19)11-8-15-13(16-10(11)2)17-14(9-18)4-6-20-7-5-14/h8,18H,3-7,9H2,1-2H3,(H,15,16,17). The van der Waals surface area contributed by atoms with Gasteiger partial charge in [0.05, 0.1) is 30.0 Å². The predicted octanol–water partition coefficient (Wildman–Crippen LogP) is 0.915. The van der Waals surface area contributed by atoms with Gasteiger partial charge in [-0.1, -0.05) is 0 Å². The molecule has 1 fully saturated rings. The molecule has 116 valence electrons. The van der Waals surface area contributed by atoms with Crippen LogP contribution >= 0.6 is 0 Å². The lowest BCUT2D eigenvalue weighted by atomic mass is 9.91. The van der Waals surface area contributed by atoms with Gasteiger partial charge in [-0.2, -0.15) is 0 Å². The Morgan fingerprint density at radius 2 is 2.24 bits per heavy atom. The lowest BCUT2D eigenvalue weighted by Crippen LogP contribution is -2.47. The van der Waals surface area contributed by atoms with Crippen molar-refractivity contribution in [2.75, 3.05) is 31.7 Å². The molecule has 1 aliphatic heterocycles. The zero-order chi connectivity index (χ0) is 15.3. The Bertz CT molecular complexity index is 501. The highest BCUT2D eigenvalue weighted by Gasteiger charge is 2.32. The maximum Gasteiger partial charge on any atom is 0.341 e. The van der Waals surface area contributed by atoms with E-state index in [-0.39, 0.29) is 6.61 Å². The second-order valence-corrected chi connectivity index (χ2v) is 5.09. The van der Waals surface area contributed by atoms with Gasteiger partial charge in [0.15, 0.2) is 0 Å². The molecule has 0 amide bonds. The highest BCUT2D eigenvalue weighted by atomic mass is 16.5. The van der Waals surface area contributed by atoms with Crippen molar-refractivity contribution in [2.24, 2.45) is 0 Å². The summed E-state index contributed by atoms with van der Waals surface area (Å²) in [6, 6.07) is 0. The molecule has 0 bridgehead atoms. The summed E-state index contributed by atoms with van der Waals surface area (Å²) in [6.45, 7) is 4.96. The molecule has 0 saturated carbocycles. The minimum Gasteiger partial charge on any atom is -0.462 e. The maximum atomic E-state index is 11.7. The number of carbonyl (C=O) groups excluding carboxylic acids is 1. The first-order valence-corrected chi connectivity index (χ1v) is 7.08. The molecule has 1 aliphatic rings. The van der Waals surface area contributed by atoms with Crippen LogP contribution in [0.4, 0.5) is 5.95 Å². The number of carbonyl (C=O) groups is 1. The van der Waals surface area contributed by atoms with E-state index >= 15 is 0 Å². The summed E-state index contributed by atoms with van der Waals surface area (Å²) in [5.41, 5.74) is 0.439. The number of hydrogen-bond acceptors (Lipinski definition) is 7. The van der Waals surface area contributed by atoms with Gasteiger partial charge in [-0.3, -0.25) is 0 Å². The third-order valence-electron chi connectivity index (χ3n) is 3.60. The highest BCUT2D eigenvalue weighted by molar-refractivity contribution is 5.90. The summed E-state index contributed by atoms with van der Waals surface area (Å²) >= 11 is 0. The van der Waals surface area contributed by atoms with Crippen molar-refractivity contribution in [3.05, 3.63) is 17.5 Å². The van der Waals surface area contributed by atoms with Gasteiger partial charge in [-0.25, -0.2) is 14.8 Å². The van der Waals surface area contributed by atoms with Crippen molar-refractivity contribution >= 4 is 11.9 Å². The molecule has 0 radical (unpaired) electrons. The van der Waals surface area contributed by atoms with E-state index in [0.29, 0.717) is 49.9 Å². The van der Waals surface area contributed by atoms with Crippen LogP contribution in [0, 0.1) is 6.92 Å². The average molecular weight is 295 g/mol. The molecular weight excluding hydrogens is 274 g/mol. The second-order valence-electron chi connectivity index (χ2n) is 5.09. The van der Waals surface area contributed by atoms with E-state index < -0.39 is 11.5 Å². The Balaban J connectivity index is 2.14. The first kappa shape index (κ1) is 15.7. The molecule has 1 aromatic heterocycles. The second kappa shape index (κ2) is 6.82. The topological polar surface area (TPSA) is 93.6 Å². The number of aliphatic hydroxyl groups is 1.